The maximum atomic E-state index is 11.2. The normalized spacial score (nSPS) is 11.2. The van der Waals surface area contributed by atoms with Crippen LogP contribution >= 0.6 is 0 Å². The van der Waals surface area contributed by atoms with Gasteiger partial charge in [-0.15, -0.1) is 0 Å². The molecule has 92 valence electrons. The summed E-state index contributed by atoms with van der Waals surface area (Å²) in [6.07, 6.45) is 1.57. The fraction of sp³-hybridized carbons (Fsp3) is 0.154. The first-order valence-corrected chi connectivity index (χ1v) is 5.56. The number of rotatable bonds is 3. The third kappa shape index (κ3) is 1.65. The Morgan fingerprint density at radius 2 is 2.00 bits per heavy atom. The second kappa shape index (κ2) is 4.19. The molecule has 5 heteroatoms. The van der Waals surface area contributed by atoms with Crippen LogP contribution in [0.4, 0.5) is 0 Å². The third-order valence-corrected chi connectivity index (χ3v) is 2.67. The summed E-state index contributed by atoms with van der Waals surface area (Å²) in [6, 6.07) is 6.54. The van der Waals surface area contributed by atoms with Crippen molar-refractivity contribution in [2.24, 2.45) is 5.73 Å². The molecule has 0 saturated heterocycles. The molecule has 2 N–H and O–H groups in total. The third-order valence-electron chi connectivity index (χ3n) is 2.67. The van der Waals surface area contributed by atoms with Crippen LogP contribution in [0.5, 0.6) is 5.75 Å². The molecule has 0 radical (unpaired) electrons. The monoisotopic (exact) mass is 245 g/mol. The number of fused-ring (bicyclic) bond motifs is 2. The zero-order valence-electron chi connectivity index (χ0n) is 9.51. The van der Waals surface area contributed by atoms with Gasteiger partial charge in [-0.1, -0.05) is 0 Å². The fourth-order valence-electron chi connectivity index (χ4n) is 1.93. The Hall–Kier alpha value is -2.27. The summed E-state index contributed by atoms with van der Waals surface area (Å²) in [7, 11) is 0. The maximum Gasteiger partial charge on any atom is 0.336 e. The molecule has 5 nitrogen and oxygen atoms in total. The largest absolute Gasteiger partial charge is 0.491 e. The van der Waals surface area contributed by atoms with Crippen LogP contribution in [-0.2, 0) is 0 Å². The van der Waals surface area contributed by atoms with Crippen molar-refractivity contribution in [2.45, 2.75) is 0 Å². The molecule has 0 amide bonds. The molecule has 2 aromatic heterocycles. The van der Waals surface area contributed by atoms with Crippen molar-refractivity contribution in [1.29, 1.82) is 0 Å². The van der Waals surface area contributed by atoms with Gasteiger partial charge in [0.15, 0.2) is 0 Å². The highest BCUT2D eigenvalue weighted by Crippen LogP contribution is 2.34. The predicted octanol–water partition coefficient (Wildman–Crippen LogP) is 1.88. The van der Waals surface area contributed by atoms with Crippen LogP contribution in [0.25, 0.3) is 21.9 Å². The van der Waals surface area contributed by atoms with E-state index >= 15 is 0 Å². The highest BCUT2D eigenvalue weighted by Gasteiger charge is 2.12. The van der Waals surface area contributed by atoms with Gasteiger partial charge in [0.25, 0.3) is 0 Å². The molecule has 0 bridgehead atoms. The van der Waals surface area contributed by atoms with Crippen LogP contribution < -0.4 is 16.1 Å². The SMILES string of the molecule is NCCOc1c2ccoc2cc2oc(=O)ccc12. The van der Waals surface area contributed by atoms with E-state index in [0.29, 0.717) is 30.1 Å². The van der Waals surface area contributed by atoms with Crippen molar-refractivity contribution in [3.63, 3.8) is 0 Å². The molecule has 0 unspecified atom stereocenters. The lowest BCUT2D eigenvalue weighted by Gasteiger charge is -2.08. The van der Waals surface area contributed by atoms with Crippen molar-refractivity contribution in [2.75, 3.05) is 13.2 Å². The summed E-state index contributed by atoms with van der Waals surface area (Å²) in [4.78, 5) is 11.2. The molecular weight excluding hydrogens is 234 g/mol. The second-order valence-electron chi connectivity index (χ2n) is 3.84. The number of benzene rings is 1. The molecular formula is C13H11NO4. The summed E-state index contributed by atoms with van der Waals surface area (Å²) in [6.45, 7) is 0.797. The molecule has 0 saturated carbocycles. The van der Waals surface area contributed by atoms with Gasteiger partial charge in [-0.05, 0) is 12.1 Å². The topological polar surface area (TPSA) is 78.6 Å². The van der Waals surface area contributed by atoms with Crippen molar-refractivity contribution in [3.05, 3.63) is 40.9 Å². The quantitative estimate of drug-likeness (QED) is 0.713. The zero-order chi connectivity index (χ0) is 12.5. The fourth-order valence-corrected chi connectivity index (χ4v) is 1.93. The average molecular weight is 245 g/mol. The van der Waals surface area contributed by atoms with E-state index in [9.17, 15) is 4.79 Å². The van der Waals surface area contributed by atoms with E-state index in [4.69, 9.17) is 19.3 Å². The summed E-state index contributed by atoms with van der Waals surface area (Å²) in [5, 5.41) is 1.57. The van der Waals surface area contributed by atoms with E-state index in [2.05, 4.69) is 0 Å². The molecule has 1 aromatic carbocycles. The second-order valence-corrected chi connectivity index (χ2v) is 3.84. The lowest BCUT2D eigenvalue weighted by molar-refractivity contribution is 0.335. The number of hydrogen-bond donors (Lipinski definition) is 1. The van der Waals surface area contributed by atoms with Gasteiger partial charge in [0.05, 0.1) is 17.0 Å². The molecule has 0 aliphatic rings. The van der Waals surface area contributed by atoms with Gasteiger partial charge in [-0.25, -0.2) is 4.79 Å². The van der Waals surface area contributed by atoms with E-state index in [1.165, 1.54) is 6.07 Å². The standard InChI is InChI=1S/C13H11NO4/c14-4-6-17-13-8-1-2-12(15)18-11(8)7-10-9(13)3-5-16-10/h1-3,5,7H,4,6,14H2. The zero-order valence-corrected chi connectivity index (χ0v) is 9.51. The first-order chi connectivity index (χ1) is 8.79. The van der Waals surface area contributed by atoms with E-state index in [0.717, 1.165) is 10.8 Å². The van der Waals surface area contributed by atoms with E-state index in [1.54, 1.807) is 18.4 Å². The lowest BCUT2D eigenvalue weighted by atomic mass is 10.1. The van der Waals surface area contributed by atoms with Gasteiger partial charge in [0.2, 0.25) is 0 Å². The molecule has 0 spiro atoms. The van der Waals surface area contributed by atoms with Crippen molar-refractivity contribution >= 4 is 21.9 Å². The summed E-state index contributed by atoms with van der Waals surface area (Å²) in [5.74, 6) is 0.630. The highest BCUT2D eigenvalue weighted by molar-refractivity contribution is 6.01. The van der Waals surface area contributed by atoms with Gasteiger partial charge in [0, 0.05) is 18.7 Å². The number of furan rings is 1. The number of nitrogens with two attached hydrogens (primary N) is 1. The number of hydrogen-bond acceptors (Lipinski definition) is 5. The summed E-state index contributed by atoms with van der Waals surface area (Å²) < 4.78 is 16.1. The minimum Gasteiger partial charge on any atom is -0.491 e. The predicted molar refractivity (Wildman–Crippen MR) is 66.8 cm³/mol. The molecule has 0 fully saturated rings. The summed E-state index contributed by atoms with van der Waals surface area (Å²) in [5.41, 5.74) is 6.09. The van der Waals surface area contributed by atoms with Crippen LogP contribution in [0.1, 0.15) is 0 Å². The molecule has 0 aliphatic heterocycles. The molecule has 0 atom stereocenters. The van der Waals surface area contributed by atoms with E-state index in [1.807, 2.05) is 6.07 Å². The van der Waals surface area contributed by atoms with Crippen LogP contribution in [0.3, 0.4) is 0 Å². The molecule has 0 aliphatic carbocycles. The van der Waals surface area contributed by atoms with E-state index in [-0.39, 0.29) is 0 Å². The smallest absolute Gasteiger partial charge is 0.336 e. The minimum absolute atomic E-state index is 0.387. The Balaban J connectivity index is 2.35. The van der Waals surface area contributed by atoms with E-state index < -0.39 is 5.63 Å². The van der Waals surface area contributed by atoms with Crippen molar-refractivity contribution in [1.82, 2.24) is 0 Å². The Morgan fingerprint density at radius 1 is 1.17 bits per heavy atom. The van der Waals surface area contributed by atoms with Crippen LogP contribution in [0.15, 0.2) is 44.2 Å². The number of ether oxygens (including phenoxy) is 1. The van der Waals surface area contributed by atoms with Gasteiger partial charge < -0.3 is 19.3 Å². The van der Waals surface area contributed by atoms with Crippen LogP contribution in [0.2, 0.25) is 0 Å². The van der Waals surface area contributed by atoms with Gasteiger partial charge in [-0.2, -0.15) is 0 Å². The Morgan fingerprint density at radius 3 is 2.83 bits per heavy atom. The van der Waals surface area contributed by atoms with Gasteiger partial charge in [0.1, 0.15) is 23.5 Å². The Bertz CT molecular complexity index is 756. The Kier molecular flexibility index (Phi) is 2.53. The molecule has 3 aromatic rings. The molecule has 3 rings (SSSR count). The van der Waals surface area contributed by atoms with Gasteiger partial charge in [-0.3, -0.25) is 0 Å². The van der Waals surface area contributed by atoms with Gasteiger partial charge >= 0.3 is 5.63 Å². The maximum absolute atomic E-state index is 11.2. The van der Waals surface area contributed by atoms with Crippen LogP contribution in [0, 0.1) is 0 Å². The molecule has 2 heterocycles. The lowest BCUT2D eigenvalue weighted by Crippen LogP contribution is -2.11. The Labute approximate surface area is 102 Å². The molecule has 18 heavy (non-hydrogen) atoms. The summed E-state index contributed by atoms with van der Waals surface area (Å²) >= 11 is 0. The highest BCUT2D eigenvalue weighted by atomic mass is 16.5. The minimum atomic E-state index is -0.404. The average Bonchev–Trinajstić information content (AvgIpc) is 2.82. The van der Waals surface area contributed by atoms with Crippen molar-refractivity contribution < 1.29 is 13.6 Å². The van der Waals surface area contributed by atoms with Crippen molar-refractivity contribution in [3.8, 4) is 5.75 Å². The first-order valence-electron chi connectivity index (χ1n) is 5.56. The first kappa shape index (κ1) is 10.9. The van der Waals surface area contributed by atoms with Crippen LogP contribution in [-0.4, -0.2) is 13.2 Å².